The molecule has 1 amide bonds. The monoisotopic (exact) mass is 266 g/mol. The molecule has 3 nitrogen and oxygen atoms in total. The summed E-state index contributed by atoms with van der Waals surface area (Å²) in [5.74, 6) is 2.26. The Balaban J connectivity index is 2.51. The van der Waals surface area contributed by atoms with Gasteiger partial charge in [0.2, 0.25) is 5.91 Å². The lowest BCUT2D eigenvalue weighted by Gasteiger charge is -2.15. The molecule has 0 aromatic heterocycles. The Hall–Kier alpha value is -1.00. The smallest absolute Gasteiger partial charge is 0.221 e. The maximum absolute atomic E-state index is 11.0. The van der Waals surface area contributed by atoms with Gasteiger partial charge >= 0.3 is 0 Å². The van der Waals surface area contributed by atoms with Gasteiger partial charge < -0.3 is 10.6 Å². The Labute approximate surface area is 114 Å². The first-order valence-electron chi connectivity index (χ1n) is 6.32. The average molecular weight is 266 g/mol. The highest BCUT2D eigenvalue weighted by Gasteiger charge is 2.05. The van der Waals surface area contributed by atoms with Crippen LogP contribution in [-0.2, 0) is 4.79 Å². The summed E-state index contributed by atoms with van der Waals surface area (Å²) < 4.78 is 0. The topological polar surface area (TPSA) is 41.1 Å². The van der Waals surface area contributed by atoms with Crippen LogP contribution in [0, 0.1) is 0 Å². The van der Waals surface area contributed by atoms with E-state index >= 15 is 0 Å². The van der Waals surface area contributed by atoms with Crippen LogP contribution >= 0.6 is 11.8 Å². The Kier molecular flexibility index (Phi) is 6.83. The second-order valence-electron chi connectivity index (χ2n) is 4.18. The third kappa shape index (κ3) is 5.56. The molecule has 0 aliphatic rings. The summed E-state index contributed by atoms with van der Waals surface area (Å²) in [6, 6.07) is 8.28. The highest BCUT2D eigenvalue weighted by Crippen LogP contribution is 2.17. The zero-order chi connectivity index (χ0) is 13.4. The van der Waals surface area contributed by atoms with E-state index in [2.05, 4.69) is 30.5 Å². The summed E-state index contributed by atoms with van der Waals surface area (Å²) >= 11 is 1.94. The maximum atomic E-state index is 11.0. The molecule has 0 aliphatic heterocycles. The number of hydrogen-bond donors (Lipinski definition) is 2. The molecule has 18 heavy (non-hydrogen) atoms. The molecule has 4 heteroatoms. The molecule has 1 rings (SSSR count). The van der Waals surface area contributed by atoms with Crippen molar-refractivity contribution in [1.29, 1.82) is 0 Å². The minimum Gasteiger partial charge on any atom is -0.326 e. The molecule has 1 aromatic carbocycles. The number of hydrogen-bond acceptors (Lipinski definition) is 3. The molecule has 1 aromatic rings. The predicted octanol–water partition coefficient (Wildman–Crippen LogP) is 3.05. The van der Waals surface area contributed by atoms with Crippen LogP contribution in [0.4, 0.5) is 5.69 Å². The van der Waals surface area contributed by atoms with Crippen molar-refractivity contribution in [2.75, 3.05) is 23.4 Å². The van der Waals surface area contributed by atoms with Crippen LogP contribution in [0.25, 0.3) is 0 Å². The third-order valence-corrected chi connectivity index (χ3v) is 3.51. The molecule has 1 unspecified atom stereocenters. The van der Waals surface area contributed by atoms with Gasteiger partial charge in [-0.2, -0.15) is 11.8 Å². The number of thioether (sulfide) groups is 1. The fourth-order valence-electron chi connectivity index (χ4n) is 1.70. The molecule has 0 spiro atoms. The van der Waals surface area contributed by atoms with Gasteiger partial charge in [-0.15, -0.1) is 0 Å². The minimum absolute atomic E-state index is 0.0351. The Morgan fingerprint density at radius 1 is 1.44 bits per heavy atom. The zero-order valence-corrected chi connectivity index (χ0v) is 12.1. The molecule has 2 N–H and O–H groups in total. The van der Waals surface area contributed by atoms with Crippen molar-refractivity contribution in [2.45, 2.75) is 26.8 Å². The number of anilines is 1. The summed E-state index contributed by atoms with van der Waals surface area (Å²) in [6.45, 7) is 6.84. The summed E-state index contributed by atoms with van der Waals surface area (Å²) in [5, 5.41) is 6.29. The minimum atomic E-state index is -0.0351. The molecule has 0 aliphatic carbocycles. The summed E-state index contributed by atoms with van der Waals surface area (Å²) in [6.07, 6.45) is 0. The second-order valence-corrected chi connectivity index (χ2v) is 5.57. The lowest BCUT2D eigenvalue weighted by Crippen LogP contribution is -2.21. The fraction of sp³-hybridized carbons (Fsp3) is 0.500. The van der Waals surface area contributed by atoms with E-state index in [9.17, 15) is 4.79 Å². The SMILES string of the molecule is CCSCCNC(C)c1cccc(NC(C)=O)c1. The molecule has 1 atom stereocenters. The van der Waals surface area contributed by atoms with Gasteiger partial charge in [0.1, 0.15) is 0 Å². The highest BCUT2D eigenvalue weighted by atomic mass is 32.2. The Morgan fingerprint density at radius 3 is 2.89 bits per heavy atom. The zero-order valence-electron chi connectivity index (χ0n) is 11.3. The number of rotatable bonds is 7. The first kappa shape index (κ1) is 15.1. The molecule has 100 valence electrons. The van der Waals surface area contributed by atoms with Crippen LogP contribution in [0.15, 0.2) is 24.3 Å². The van der Waals surface area contributed by atoms with Crippen LogP contribution in [0.1, 0.15) is 32.4 Å². The normalized spacial score (nSPS) is 12.2. The third-order valence-electron chi connectivity index (χ3n) is 2.61. The largest absolute Gasteiger partial charge is 0.326 e. The fourth-order valence-corrected chi connectivity index (χ4v) is 2.25. The predicted molar refractivity (Wildman–Crippen MR) is 80.2 cm³/mol. The van der Waals surface area contributed by atoms with Crippen molar-refractivity contribution in [3.05, 3.63) is 29.8 Å². The van der Waals surface area contributed by atoms with Crippen molar-refractivity contribution < 1.29 is 4.79 Å². The van der Waals surface area contributed by atoms with Crippen molar-refractivity contribution in [2.24, 2.45) is 0 Å². The number of amides is 1. The molecule has 0 heterocycles. The van der Waals surface area contributed by atoms with E-state index in [1.807, 2.05) is 30.0 Å². The van der Waals surface area contributed by atoms with Crippen LogP contribution in [0.2, 0.25) is 0 Å². The lowest BCUT2D eigenvalue weighted by molar-refractivity contribution is -0.114. The average Bonchev–Trinajstić information content (AvgIpc) is 2.34. The van der Waals surface area contributed by atoms with Crippen LogP contribution in [0.3, 0.4) is 0 Å². The van der Waals surface area contributed by atoms with Gasteiger partial charge in [-0.25, -0.2) is 0 Å². The first-order chi connectivity index (χ1) is 8.63. The van der Waals surface area contributed by atoms with Crippen molar-refractivity contribution in [3.63, 3.8) is 0 Å². The standard InChI is InChI=1S/C14H22N2OS/c1-4-18-9-8-15-11(2)13-6-5-7-14(10-13)16-12(3)17/h5-7,10-11,15H,4,8-9H2,1-3H3,(H,16,17). The van der Waals surface area contributed by atoms with Crippen LogP contribution in [0.5, 0.6) is 0 Å². The van der Waals surface area contributed by atoms with Gasteiger partial charge in [-0.3, -0.25) is 4.79 Å². The summed E-state index contributed by atoms with van der Waals surface area (Å²) in [7, 11) is 0. The van der Waals surface area contributed by atoms with Gasteiger partial charge in [-0.1, -0.05) is 19.1 Å². The Morgan fingerprint density at radius 2 is 2.22 bits per heavy atom. The molecule has 0 saturated heterocycles. The number of carbonyl (C=O) groups excluding carboxylic acids is 1. The van der Waals surface area contributed by atoms with Crippen molar-refractivity contribution in [3.8, 4) is 0 Å². The summed E-state index contributed by atoms with van der Waals surface area (Å²) in [5.41, 5.74) is 2.05. The number of benzene rings is 1. The van der Waals surface area contributed by atoms with Gasteiger partial charge in [0.05, 0.1) is 0 Å². The van der Waals surface area contributed by atoms with Gasteiger partial charge in [0.25, 0.3) is 0 Å². The second kappa shape index (κ2) is 8.16. The van der Waals surface area contributed by atoms with Gasteiger partial charge in [0.15, 0.2) is 0 Å². The van der Waals surface area contributed by atoms with Gasteiger partial charge in [-0.05, 0) is 30.4 Å². The quantitative estimate of drug-likeness (QED) is 0.745. The van der Waals surface area contributed by atoms with E-state index < -0.39 is 0 Å². The molecular formula is C14H22N2OS. The van der Waals surface area contributed by atoms with E-state index in [1.165, 1.54) is 12.5 Å². The van der Waals surface area contributed by atoms with E-state index in [-0.39, 0.29) is 5.91 Å². The lowest BCUT2D eigenvalue weighted by atomic mass is 10.1. The van der Waals surface area contributed by atoms with Crippen LogP contribution < -0.4 is 10.6 Å². The molecule has 0 radical (unpaired) electrons. The first-order valence-corrected chi connectivity index (χ1v) is 7.47. The molecule has 0 fully saturated rings. The number of carbonyl (C=O) groups is 1. The highest BCUT2D eigenvalue weighted by molar-refractivity contribution is 7.99. The molecular weight excluding hydrogens is 244 g/mol. The summed E-state index contributed by atoms with van der Waals surface area (Å²) in [4.78, 5) is 11.0. The van der Waals surface area contributed by atoms with Gasteiger partial charge in [0, 0.05) is 31.0 Å². The van der Waals surface area contributed by atoms with Crippen molar-refractivity contribution >= 4 is 23.4 Å². The molecule has 0 bridgehead atoms. The molecule has 0 saturated carbocycles. The van der Waals surface area contributed by atoms with Crippen LogP contribution in [-0.4, -0.2) is 24.0 Å². The van der Waals surface area contributed by atoms with E-state index in [0.717, 1.165) is 23.7 Å². The number of nitrogens with one attached hydrogen (secondary N) is 2. The maximum Gasteiger partial charge on any atom is 0.221 e. The van der Waals surface area contributed by atoms with E-state index in [0.29, 0.717) is 6.04 Å². The van der Waals surface area contributed by atoms with Crippen molar-refractivity contribution in [1.82, 2.24) is 5.32 Å². The van der Waals surface area contributed by atoms with E-state index in [1.54, 1.807) is 0 Å². The Bertz CT molecular complexity index is 382. The van der Waals surface area contributed by atoms with E-state index in [4.69, 9.17) is 0 Å².